The zero-order valence-electron chi connectivity index (χ0n) is 18.1. The fraction of sp³-hybridized carbons (Fsp3) is 0.167. The van der Waals surface area contributed by atoms with Gasteiger partial charge in [0.05, 0.1) is 26.5 Å². The van der Waals surface area contributed by atoms with Crippen LogP contribution in [0.25, 0.3) is 11.3 Å². The van der Waals surface area contributed by atoms with Crippen LogP contribution in [0.3, 0.4) is 0 Å². The minimum atomic E-state index is -0.305. The lowest BCUT2D eigenvalue weighted by molar-refractivity contribution is 0.102. The van der Waals surface area contributed by atoms with E-state index in [-0.39, 0.29) is 11.6 Å². The summed E-state index contributed by atoms with van der Waals surface area (Å²) in [6, 6.07) is 18.9. The molecule has 0 fully saturated rings. The molecule has 8 nitrogen and oxygen atoms in total. The summed E-state index contributed by atoms with van der Waals surface area (Å²) in [5, 5.41) is 8.21. The maximum atomic E-state index is 12.2. The Hall–Kier alpha value is -3.98. The lowest BCUT2D eigenvalue weighted by atomic mass is 10.1. The zero-order valence-corrected chi connectivity index (χ0v) is 19.0. The molecule has 0 aliphatic rings. The molecule has 0 saturated heterocycles. The zero-order chi connectivity index (χ0) is 23.0. The van der Waals surface area contributed by atoms with Gasteiger partial charge in [0.15, 0.2) is 17.2 Å². The monoisotopic (exact) mass is 462 g/mol. The summed E-state index contributed by atoms with van der Waals surface area (Å²) in [7, 11) is 3.23. The smallest absolute Gasteiger partial charge is 0.277 e. The Labute approximate surface area is 195 Å². The number of ether oxygens (including phenoxy) is 3. The van der Waals surface area contributed by atoms with Crippen molar-refractivity contribution in [2.75, 3.05) is 26.1 Å². The SMILES string of the molecule is COc1ccc(CCOc2cccc(-c3cccc(NC(=O)c4csnn4)c3)n2)cc1OC. The molecule has 4 aromatic rings. The first-order valence-corrected chi connectivity index (χ1v) is 11.0. The minimum absolute atomic E-state index is 0.286. The van der Waals surface area contributed by atoms with E-state index >= 15 is 0 Å². The molecule has 0 aliphatic carbocycles. The summed E-state index contributed by atoms with van der Waals surface area (Å²) >= 11 is 1.13. The Kier molecular flexibility index (Phi) is 7.11. The van der Waals surface area contributed by atoms with Crippen molar-refractivity contribution < 1.29 is 19.0 Å². The quantitative estimate of drug-likeness (QED) is 0.391. The van der Waals surface area contributed by atoms with Crippen LogP contribution in [-0.2, 0) is 6.42 Å². The van der Waals surface area contributed by atoms with Crippen LogP contribution in [0.5, 0.6) is 17.4 Å². The van der Waals surface area contributed by atoms with E-state index in [9.17, 15) is 4.79 Å². The van der Waals surface area contributed by atoms with Crippen LogP contribution in [0.2, 0.25) is 0 Å². The number of anilines is 1. The molecule has 1 amide bonds. The number of amides is 1. The first-order valence-electron chi connectivity index (χ1n) is 10.2. The second-order valence-corrected chi connectivity index (χ2v) is 7.58. The molecule has 2 aromatic carbocycles. The predicted octanol–water partition coefficient (Wildman–Crippen LogP) is 4.49. The van der Waals surface area contributed by atoms with Gasteiger partial charge in [-0.05, 0) is 47.4 Å². The van der Waals surface area contributed by atoms with Crippen molar-refractivity contribution in [2.24, 2.45) is 0 Å². The van der Waals surface area contributed by atoms with Crippen molar-refractivity contribution in [2.45, 2.75) is 6.42 Å². The van der Waals surface area contributed by atoms with E-state index in [0.29, 0.717) is 36.1 Å². The number of carbonyl (C=O) groups is 1. The molecule has 2 aromatic heterocycles. The lowest BCUT2D eigenvalue weighted by Gasteiger charge is -2.11. The summed E-state index contributed by atoms with van der Waals surface area (Å²) in [6.07, 6.45) is 0.694. The molecular formula is C24H22N4O4S. The highest BCUT2D eigenvalue weighted by atomic mass is 32.1. The van der Waals surface area contributed by atoms with Crippen LogP contribution in [0.1, 0.15) is 16.1 Å². The summed E-state index contributed by atoms with van der Waals surface area (Å²) < 4.78 is 20.2. The third-order valence-corrected chi connectivity index (χ3v) is 5.33. The Morgan fingerprint density at radius 1 is 1.00 bits per heavy atom. The van der Waals surface area contributed by atoms with Crippen molar-refractivity contribution in [3.8, 4) is 28.6 Å². The van der Waals surface area contributed by atoms with Crippen LogP contribution in [0, 0.1) is 0 Å². The van der Waals surface area contributed by atoms with Crippen molar-refractivity contribution >= 4 is 23.1 Å². The number of benzene rings is 2. The number of nitrogens with one attached hydrogen (secondary N) is 1. The van der Waals surface area contributed by atoms with Gasteiger partial charge in [-0.1, -0.05) is 28.8 Å². The molecule has 0 unspecified atom stereocenters. The van der Waals surface area contributed by atoms with Gasteiger partial charge >= 0.3 is 0 Å². The van der Waals surface area contributed by atoms with Crippen molar-refractivity contribution in [1.29, 1.82) is 0 Å². The van der Waals surface area contributed by atoms with Gasteiger partial charge in [0.1, 0.15) is 0 Å². The van der Waals surface area contributed by atoms with Gasteiger partial charge in [0.25, 0.3) is 5.91 Å². The first kappa shape index (κ1) is 22.2. The fourth-order valence-corrected chi connectivity index (χ4v) is 3.62. The number of aromatic nitrogens is 3. The average molecular weight is 463 g/mol. The van der Waals surface area contributed by atoms with E-state index in [1.54, 1.807) is 19.6 Å². The fourth-order valence-electron chi connectivity index (χ4n) is 3.18. The maximum absolute atomic E-state index is 12.2. The summed E-state index contributed by atoms with van der Waals surface area (Å²) in [5.41, 5.74) is 3.60. The maximum Gasteiger partial charge on any atom is 0.277 e. The van der Waals surface area contributed by atoms with E-state index in [1.807, 2.05) is 60.7 Å². The van der Waals surface area contributed by atoms with E-state index in [1.165, 1.54) is 0 Å². The molecule has 0 atom stereocenters. The molecule has 2 heterocycles. The first-order chi connectivity index (χ1) is 16.2. The number of hydrogen-bond donors (Lipinski definition) is 1. The van der Waals surface area contributed by atoms with Crippen LogP contribution in [-0.4, -0.2) is 41.3 Å². The van der Waals surface area contributed by atoms with Crippen molar-refractivity contribution in [1.82, 2.24) is 14.6 Å². The highest BCUT2D eigenvalue weighted by molar-refractivity contribution is 7.03. The number of carbonyl (C=O) groups excluding carboxylic acids is 1. The third-order valence-electron chi connectivity index (χ3n) is 4.82. The minimum Gasteiger partial charge on any atom is -0.493 e. The van der Waals surface area contributed by atoms with E-state index in [4.69, 9.17) is 14.2 Å². The number of rotatable bonds is 9. The highest BCUT2D eigenvalue weighted by Gasteiger charge is 2.10. The molecule has 0 radical (unpaired) electrons. The second kappa shape index (κ2) is 10.6. The molecule has 33 heavy (non-hydrogen) atoms. The van der Waals surface area contributed by atoms with Crippen molar-refractivity contribution in [3.05, 3.63) is 77.3 Å². The summed E-state index contributed by atoms with van der Waals surface area (Å²) in [4.78, 5) is 16.8. The topological polar surface area (TPSA) is 95.5 Å². The molecule has 0 spiro atoms. The summed E-state index contributed by atoms with van der Waals surface area (Å²) in [5.74, 6) is 1.60. The molecule has 0 bridgehead atoms. The van der Waals surface area contributed by atoms with Gasteiger partial charge in [-0.25, -0.2) is 4.98 Å². The van der Waals surface area contributed by atoms with E-state index < -0.39 is 0 Å². The second-order valence-electron chi connectivity index (χ2n) is 6.97. The number of hydrogen-bond acceptors (Lipinski definition) is 8. The molecule has 0 saturated carbocycles. The van der Waals surface area contributed by atoms with Gasteiger partial charge in [-0.15, -0.1) is 5.10 Å². The van der Waals surface area contributed by atoms with Gasteiger partial charge in [-0.3, -0.25) is 4.79 Å². The molecule has 1 N–H and O–H groups in total. The largest absolute Gasteiger partial charge is 0.493 e. The van der Waals surface area contributed by atoms with E-state index in [0.717, 1.165) is 28.4 Å². The third kappa shape index (κ3) is 5.64. The molecule has 9 heteroatoms. The molecular weight excluding hydrogens is 440 g/mol. The lowest BCUT2D eigenvalue weighted by Crippen LogP contribution is -2.12. The Morgan fingerprint density at radius 3 is 2.64 bits per heavy atom. The van der Waals surface area contributed by atoms with Gasteiger partial charge in [0, 0.05) is 29.1 Å². The highest BCUT2D eigenvalue weighted by Crippen LogP contribution is 2.28. The number of pyridine rings is 1. The standard InChI is InChI=1S/C24H22N4O4S/c1-30-21-10-9-16(13-22(21)31-2)11-12-32-23-8-4-7-19(26-23)17-5-3-6-18(14-17)25-24(29)20-15-33-28-27-20/h3-10,13-15H,11-12H2,1-2H3,(H,25,29). The average Bonchev–Trinajstić information content (AvgIpc) is 3.40. The Morgan fingerprint density at radius 2 is 1.85 bits per heavy atom. The van der Waals surface area contributed by atoms with Gasteiger partial charge < -0.3 is 19.5 Å². The predicted molar refractivity (Wildman–Crippen MR) is 126 cm³/mol. The van der Waals surface area contributed by atoms with Crippen LogP contribution >= 0.6 is 11.5 Å². The van der Waals surface area contributed by atoms with Gasteiger partial charge in [0.2, 0.25) is 5.88 Å². The molecule has 168 valence electrons. The normalized spacial score (nSPS) is 10.5. The van der Waals surface area contributed by atoms with Gasteiger partial charge in [-0.2, -0.15) is 0 Å². The van der Waals surface area contributed by atoms with Crippen LogP contribution in [0.15, 0.2) is 66.0 Å². The van der Waals surface area contributed by atoms with E-state index in [2.05, 4.69) is 19.9 Å². The molecule has 0 aliphatic heterocycles. The van der Waals surface area contributed by atoms with Crippen molar-refractivity contribution in [3.63, 3.8) is 0 Å². The van der Waals surface area contributed by atoms with Crippen LogP contribution < -0.4 is 19.5 Å². The Bertz CT molecular complexity index is 1230. The number of nitrogens with zero attached hydrogens (tertiary/aromatic N) is 3. The van der Waals surface area contributed by atoms with Crippen LogP contribution in [0.4, 0.5) is 5.69 Å². The summed E-state index contributed by atoms with van der Waals surface area (Å²) in [6.45, 7) is 0.462. The number of methoxy groups -OCH3 is 2. The molecule has 4 rings (SSSR count). The Balaban J connectivity index is 1.40.